The molecule has 0 unspecified atom stereocenters. The summed E-state index contributed by atoms with van der Waals surface area (Å²) in [6.07, 6.45) is 0. The molecule has 1 aromatic rings. The number of hydrogen-bond acceptors (Lipinski definition) is 3. The fraction of sp³-hybridized carbons (Fsp3) is 0.364. The normalized spacial score (nSPS) is 11.2. The lowest BCUT2D eigenvalue weighted by molar-refractivity contribution is -0.118. The van der Waals surface area contributed by atoms with E-state index in [-0.39, 0.29) is 25.5 Å². The molecule has 0 aliphatic carbocycles. The fourth-order valence-corrected chi connectivity index (χ4v) is 2.08. The van der Waals surface area contributed by atoms with E-state index >= 15 is 0 Å². The third-order valence-corrected chi connectivity index (χ3v) is 3.21. The molecule has 0 bridgehead atoms. The zero-order chi connectivity index (χ0) is 13.4. The predicted octanol–water partition coefficient (Wildman–Crippen LogP) is -0.253. The Bertz CT molecular complexity index is 474. The maximum Gasteiger partial charge on any atom is 0.277 e. The first-order valence-electron chi connectivity index (χ1n) is 5.52. The van der Waals surface area contributed by atoms with Crippen molar-refractivity contribution in [2.75, 3.05) is 13.1 Å². The molecule has 1 amide bonds. The van der Waals surface area contributed by atoms with Crippen LogP contribution in [0, 0.1) is 0 Å². The van der Waals surface area contributed by atoms with Gasteiger partial charge in [0.15, 0.2) is 0 Å². The van der Waals surface area contributed by atoms with Crippen molar-refractivity contribution in [1.29, 1.82) is 0 Å². The minimum absolute atomic E-state index is 0.156. The molecule has 0 saturated heterocycles. The summed E-state index contributed by atoms with van der Waals surface area (Å²) in [6, 6.07) is 9.21. The van der Waals surface area contributed by atoms with Gasteiger partial charge in [0.25, 0.3) is 10.2 Å². The van der Waals surface area contributed by atoms with E-state index in [2.05, 4.69) is 14.8 Å². The minimum atomic E-state index is -3.53. The van der Waals surface area contributed by atoms with Gasteiger partial charge in [-0.2, -0.15) is 13.1 Å². The third-order valence-electron chi connectivity index (χ3n) is 2.10. The molecule has 18 heavy (non-hydrogen) atoms. The molecule has 100 valence electrons. The Balaban J connectivity index is 2.30. The van der Waals surface area contributed by atoms with Crippen LogP contribution in [0.1, 0.15) is 12.5 Å². The van der Waals surface area contributed by atoms with E-state index in [0.717, 1.165) is 5.56 Å². The first-order valence-corrected chi connectivity index (χ1v) is 7.00. The highest BCUT2D eigenvalue weighted by atomic mass is 32.2. The average molecular weight is 271 g/mol. The molecule has 0 fully saturated rings. The smallest absolute Gasteiger partial charge is 0.277 e. The van der Waals surface area contributed by atoms with Gasteiger partial charge in [-0.15, -0.1) is 0 Å². The van der Waals surface area contributed by atoms with Crippen LogP contribution < -0.4 is 14.8 Å². The first kappa shape index (κ1) is 14.6. The summed E-state index contributed by atoms with van der Waals surface area (Å²) in [5.74, 6) is -0.188. The van der Waals surface area contributed by atoms with Crippen LogP contribution in [0.15, 0.2) is 30.3 Å². The van der Waals surface area contributed by atoms with Crippen LogP contribution in [0.3, 0.4) is 0 Å². The lowest BCUT2D eigenvalue weighted by atomic mass is 10.2. The van der Waals surface area contributed by atoms with Crippen LogP contribution in [0.5, 0.6) is 0 Å². The van der Waals surface area contributed by atoms with Gasteiger partial charge in [-0.05, 0) is 5.56 Å². The molecular weight excluding hydrogens is 254 g/mol. The van der Waals surface area contributed by atoms with Crippen molar-refractivity contribution in [2.24, 2.45) is 0 Å². The van der Waals surface area contributed by atoms with Gasteiger partial charge in [-0.3, -0.25) is 4.79 Å². The van der Waals surface area contributed by atoms with E-state index in [0.29, 0.717) is 0 Å². The number of nitrogens with one attached hydrogen (secondary N) is 3. The molecule has 0 aliphatic rings. The minimum Gasteiger partial charge on any atom is -0.355 e. The third kappa shape index (κ3) is 6.33. The lowest BCUT2D eigenvalue weighted by Gasteiger charge is -2.08. The van der Waals surface area contributed by atoms with Gasteiger partial charge >= 0.3 is 0 Å². The van der Waals surface area contributed by atoms with Crippen LogP contribution in [-0.2, 0) is 21.5 Å². The van der Waals surface area contributed by atoms with Gasteiger partial charge in [-0.25, -0.2) is 4.72 Å². The standard InChI is InChI=1S/C11H17N3O3S/c1-10(15)12-7-8-13-18(16,17)14-9-11-5-3-2-4-6-11/h2-6,13-14H,7-9H2,1H3,(H,12,15). The second-order valence-corrected chi connectivity index (χ2v) is 5.27. The van der Waals surface area contributed by atoms with E-state index in [1.165, 1.54) is 6.92 Å². The highest BCUT2D eigenvalue weighted by molar-refractivity contribution is 7.87. The molecule has 0 saturated carbocycles. The molecule has 7 heteroatoms. The van der Waals surface area contributed by atoms with Crippen molar-refractivity contribution in [3.8, 4) is 0 Å². The Labute approximate surface area is 107 Å². The molecule has 6 nitrogen and oxygen atoms in total. The van der Waals surface area contributed by atoms with Crippen molar-refractivity contribution >= 4 is 16.1 Å². The van der Waals surface area contributed by atoms with E-state index in [1.54, 1.807) is 0 Å². The van der Waals surface area contributed by atoms with E-state index in [9.17, 15) is 13.2 Å². The quantitative estimate of drug-likeness (QED) is 0.597. The summed E-state index contributed by atoms with van der Waals surface area (Å²) in [6.45, 7) is 2.03. The maximum atomic E-state index is 11.5. The number of benzene rings is 1. The molecule has 0 spiro atoms. The van der Waals surface area contributed by atoms with Gasteiger partial charge in [-0.1, -0.05) is 30.3 Å². The molecule has 0 aliphatic heterocycles. The molecule has 0 radical (unpaired) electrons. The maximum absolute atomic E-state index is 11.5. The SMILES string of the molecule is CC(=O)NCCNS(=O)(=O)NCc1ccccc1. The van der Waals surface area contributed by atoms with Crippen LogP contribution in [-0.4, -0.2) is 27.4 Å². The molecule has 1 aromatic carbocycles. The zero-order valence-corrected chi connectivity index (χ0v) is 11.0. The Kier molecular flexibility index (Phi) is 5.76. The summed E-state index contributed by atoms with van der Waals surface area (Å²) < 4.78 is 27.8. The number of rotatable bonds is 7. The summed E-state index contributed by atoms with van der Waals surface area (Å²) >= 11 is 0. The predicted molar refractivity (Wildman–Crippen MR) is 68.9 cm³/mol. The molecular formula is C11H17N3O3S. The van der Waals surface area contributed by atoms with Gasteiger partial charge in [0.2, 0.25) is 5.91 Å². The first-order chi connectivity index (χ1) is 8.49. The topological polar surface area (TPSA) is 87.3 Å². The summed E-state index contributed by atoms with van der Waals surface area (Å²) in [5, 5.41) is 2.50. The van der Waals surface area contributed by atoms with E-state index in [1.807, 2.05) is 30.3 Å². The highest BCUT2D eigenvalue weighted by Gasteiger charge is 2.07. The van der Waals surface area contributed by atoms with E-state index in [4.69, 9.17) is 0 Å². The second kappa shape index (κ2) is 7.10. The van der Waals surface area contributed by atoms with Gasteiger partial charge in [0.05, 0.1) is 0 Å². The van der Waals surface area contributed by atoms with Gasteiger partial charge in [0, 0.05) is 26.6 Å². The molecule has 3 N–H and O–H groups in total. The summed E-state index contributed by atoms with van der Waals surface area (Å²) in [5.41, 5.74) is 0.879. The second-order valence-electron chi connectivity index (χ2n) is 3.69. The lowest BCUT2D eigenvalue weighted by Crippen LogP contribution is -2.40. The Morgan fingerprint density at radius 3 is 2.39 bits per heavy atom. The Morgan fingerprint density at radius 1 is 1.11 bits per heavy atom. The summed E-state index contributed by atoms with van der Waals surface area (Å²) in [7, 11) is -3.53. The Morgan fingerprint density at radius 2 is 1.78 bits per heavy atom. The van der Waals surface area contributed by atoms with Crippen LogP contribution in [0.25, 0.3) is 0 Å². The van der Waals surface area contributed by atoms with Crippen LogP contribution in [0.4, 0.5) is 0 Å². The summed E-state index contributed by atoms with van der Waals surface area (Å²) in [4.78, 5) is 10.6. The number of hydrogen-bond donors (Lipinski definition) is 3. The van der Waals surface area contributed by atoms with Gasteiger partial charge in [0.1, 0.15) is 0 Å². The fourth-order valence-electron chi connectivity index (χ4n) is 1.25. The van der Waals surface area contributed by atoms with Crippen molar-refractivity contribution in [1.82, 2.24) is 14.8 Å². The number of carbonyl (C=O) groups is 1. The van der Waals surface area contributed by atoms with E-state index < -0.39 is 10.2 Å². The number of carbonyl (C=O) groups excluding carboxylic acids is 1. The number of amides is 1. The largest absolute Gasteiger partial charge is 0.355 e. The van der Waals surface area contributed by atoms with Crippen molar-refractivity contribution in [3.05, 3.63) is 35.9 Å². The van der Waals surface area contributed by atoms with Crippen LogP contribution in [0.2, 0.25) is 0 Å². The molecule has 0 heterocycles. The zero-order valence-electron chi connectivity index (χ0n) is 10.1. The van der Waals surface area contributed by atoms with Crippen molar-refractivity contribution in [2.45, 2.75) is 13.5 Å². The van der Waals surface area contributed by atoms with Crippen LogP contribution >= 0.6 is 0 Å². The molecule has 0 atom stereocenters. The molecule has 1 rings (SSSR count). The van der Waals surface area contributed by atoms with Crippen molar-refractivity contribution < 1.29 is 13.2 Å². The highest BCUT2D eigenvalue weighted by Crippen LogP contribution is 1.97. The Hall–Kier alpha value is -1.44. The van der Waals surface area contributed by atoms with Crippen molar-refractivity contribution in [3.63, 3.8) is 0 Å². The van der Waals surface area contributed by atoms with Gasteiger partial charge < -0.3 is 5.32 Å². The average Bonchev–Trinajstić information content (AvgIpc) is 2.34. The monoisotopic (exact) mass is 271 g/mol. The molecule has 0 aromatic heterocycles.